The van der Waals surface area contributed by atoms with Crippen LogP contribution in [0.1, 0.15) is 40.7 Å². The van der Waals surface area contributed by atoms with E-state index in [4.69, 9.17) is 9.26 Å². The molecule has 0 atom stereocenters. The van der Waals surface area contributed by atoms with Gasteiger partial charge >= 0.3 is 5.97 Å². The number of benzene rings is 1. The van der Waals surface area contributed by atoms with Crippen LogP contribution in [0.15, 0.2) is 50.6 Å². The Balaban J connectivity index is 1.50. The Hall–Kier alpha value is -3.31. The van der Waals surface area contributed by atoms with Crippen molar-refractivity contribution in [1.29, 1.82) is 0 Å². The fourth-order valence-corrected chi connectivity index (χ4v) is 5.36. The first kappa shape index (κ1) is 21.9. The number of carbonyl (C=O) groups excluding carboxylic acids is 1. The van der Waals surface area contributed by atoms with Crippen molar-refractivity contribution < 1.29 is 22.5 Å². The van der Waals surface area contributed by atoms with E-state index in [1.54, 1.807) is 31.2 Å². The summed E-state index contributed by atoms with van der Waals surface area (Å²) >= 11 is 0. The molecule has 0 spiro atoms. The lowest BCUT2D eigenvalue weighted by molar-refractivity contribution is 0.0596. The molecule has 2 aromatic heterocycles. The molecule has 1 aromatic carbocycles. The Morgan fingerprint density at radius 3 is 2.59 bits per heavy atom. The highest BCUT2D eigenvalue weighted by Crippen LogP contribution is 2.31. The van der Waals surface area contributed by atoms with Gasteiger partial charge in [0.1, 0.15) is 0 Å². The molecule has 1 N–H and O–H groups in total. The van der Waals surface area contributed by atoms with Crippen molar-refractivity contribution >= 4 is 16.0 Å². The van der Waals surface area contributed by atoms with Gasteiger partial charge in [0, 0.05) is 24.7 Å². The molecule has 10 nitrogen and oxygen atoms in total. The Morgan fingerprint density at radius 1 is 1.19 bits per heavy atom. The Bertz CT molecular complexity index is 1310. The minimum atomic E-state index is -3.88. The van der Waals surface area contributed by atoms with Gasteiger partial charge in [-0.2, -0.15) is 9.29 Å². The molecule has 1 aliphatic rings. The van der Waals surface area contributed by atoms with Crippen molar-refractivity contribution in [2.24, 2.45) is 0 Å². The molecule has 168 valence electrons. The molecule has 0 unspecified atom stereocenters. The predicted octanol–water partition coefficient (Wildman–Crippen LogP) is 2.09. The number of rotatable bonds is 5. The van der Waals surface area contributed by atoms with Crippen LogP contribution in [0.4, 0.5) is 0 Å². The van der Waals surface area contributed by atoms with E-state index in [0.717, 1.165) is 5.69 Å². The monoisotopic (exact) mass is 458 g/mol. The van der Waals surface area contributed by atoms with Gasteiger partial charge in [0.2, 0.25) is 21.7 Å². The number of H-pyrrole nitrogens is 1. The van der Waals surface area contributed by atoms with E-state index < -0.39 is 16.0 Å². The molecule has 1 saturated heterocycles. The van der Waals surface area contributed by atoms with Crippen LogP contribution in [0.2, 0.25) is 0 Å². The van der Waals surface area contributed by atoms with Gasteiger partial charge in [-0.1, -0.05) is 17.3 Å². The van der Waals surface area contributed by atoms with Gasteiger partial charge in [-0.3, -0.25) is 4.79 Å². The fraction of sp³-hybridized carbons (Fsp3) is 0.333. The quantitative estimate of drug-likeness (QED) is 0.574. The minimum Gasteiger partial charge on any atom is -0.465 e. The highest BCUT2D eigenvalue weighted by Gasteiger charge is 2.34. The highest BCUT2D eigenvalue weighted by molar-refractivity contribution is 7.89. The van der Waals surface area contributed by atoms with E-state index in [-0.39, 0.29) is 40.9 Å². The van der Waals surface area contributed by atoms with Crippen molar-refractivity contribution in [2.75, 3.05) is 20.2 Å². The number of methoxy groups -OCH3 is 1. The van der Waals surface area contributed by atoms with Gasteiger partial charge in [-0.15, -0.1) is 0 Å². The zero-order valence-electron chi connectivity index (χ0n) is 17.6. The SMILES string of the molecule is COC(=O)c1ccccc1S(=O)(=O)N1CCC(c2nc(-c3ccc(C)[nH]c3=O)no2)CC1. The van der Waals surface area contributed by atoms with Gasteiger partial charge in [0.25, 0.3) is 5.56 Å². The third-order valence-corrected chi connectivity index (χ3v) is 7.41. The second kappa shape index (κ2) is 8.67. The molecule has 4 rings (SSSR count). The first-order chi connectivity index (χ1) is 15.3. The Morgan fingerprint density at radius 2 is 1.91 bits per heavy atom. The number of sulfonamides is 1. The summed E-state index contributed by atoms with van der Waals surface area (Å²) in [6.07, 6.45) is 0.928. The van der Waals surface area contributed by atoms with Gasteiger partial charge in [-0.05, 0) is 44.0 Å². The molecule has 0 aliphatic carbocycles. The van der Waals surface area contributed by atoms with Crippen LogP contribution in [0.3, 0.4) is 0 Å². The van der Waals surface area contributed by atoms with Gasteiger partial charge in [0.15, 0.2) is 0 Å². The van der Waals surface area contributed by atoms with Crippen molar-refractivity contribution in [3.63, 3.8) is 0 Å². The molecule has 0 bridgehead atoms. The molecule has 0 amide bonds. The Labute approximate surface area is 184 Å². The summed E-state index contributed by atoms with van der Waals surface area (Å²) in [6.45, 7) is 2.23. The normalized spacial score (nSPS) is 15.6. The number of piperidine rings is 1. The number of aromatic nitrogens is 3. The fourth-order valence-electron chi connectivity index (χ4n) is 3.71. The van der Waals surface area contributed by atoms with Crippen LogP contribution >= 0.6 is 0 Å². The molecule has 3 heterocycles. The maximum absolute atomic E-state index is 13.2. The van der Waals surface area contributed by atoms with E-state index in [9.17, 15) is 18.0 Å². The number of hydrogen-bond acceptors (Lipinski definition) is 8. The molecular weight excluding hydrogens is 436 g/mol. The maximum Gasteiger partial charge on any atom is 0.339 e. The van der Waals surface area contributed by atoms with Crippen molar-refractivity contribution in [3.05, 3.63) is 63.9 Å². The number of nitrogens with one attached hydrogen (secondary N) is 1. The number of esters is 1. The molecule has 0 saturated carbocycles. The first-order valence-corrected chi connectivity index (χ1v) is 11.5. The average molecular weight is 458 g/mol. The topological polar surface area (TPSA) is 135 Å². The van der Waals surface area contributed by atoms with E-state index in [1.165, 1.54) is 23.5 Å². The number of nitrogens with zero attached hydrogens (tertiary/aromatic N) is 3. The van der Waals surface area contributed by atoms with Crippen LogP contribution in [-0.2, 0) is 14.8 Å². The summed E-state index contributed by atoms with van der Waals surface area (Å²) in [4.78, 5) is 31.1. The zero-order chi connectivity index (χ0) is 22.9. The second-order valence-corrected chi connectivity index (χ2v) is 9.41. The minimum absolute atomic E-state index is 0.00184. The smallest absolute Gasteiger partial charge is 0.339 e. The zero-order valence-corrected chi connectivity index (χ0v) is 18.4. The lowest BCUT2D eigenvalue weighted by Crippen LogP contribution is -2.38. The lowest BCUT2D eigenvalue weighted by Gasteiger charge is -2.30. The maximum atomic E-state index is 13.2. The summed E-state index contributed by atoms with van der Waals surface area (Å²) in [5, 5.41) is 3.92. The number of aryl methyl sites for hydroxylation is 1. The Kier molecular flexibility index (Phi) is 5.94. The molecule has 1 fully saturated rings. The van der Waals surface area contributed by atoms with Crippen LogP contribution in [0, 0.1) is 6.92 Å². The van der Waals surface area contributed by atoms with Crippen LogP contribution < -0.4 is 5.56 Å². The summed E-state index contributed by atoms with van der Waals surface area (Å²) < 4.78 is 37.7. The molecular formula is C21H22N4O6S. The van der Waals surface area contributed by atoms with Gasteiger partial charge in [0.05, 0.1) is 23.1 Å². The number of carbonyl (C=O) groups is 1. The van der Waals surface area contributed by atoms with Crippen molar-refractivity contribution in [3.8, 4) is 11.4 Å². The molecule has 1 aliphatic heterocycles. The van der Waals surface area contributed by atoms with Gasteiger partial charge in [-0.25, -0.2) is 13.2 Å². The first-order valence-electron chi connectivity index (χ1n) is 10.0. The number of aromatic amines is 1. The third kappa shape index (κ3) is 4.08. The highest BCUT2D eigenvalue weighted by atomic mass is 32.2. The van der Waals surface area contributed by atoms with Crippen molar-refractivity contribution in [2.45, 2.75) is 30.6 Å². The van der Waals surface area contributed by atoms with Crippen LogP contribution in [0.25, 0.3) is 11.4 Å². The average Bonchev–Trinajstić information content (AvgIpc) is 3.28. The third-order valence-electron chi connectivity index (χ3n) is 5.45. The number of pyridine rings is 1. The van der Waals surface area contributed by atoms with E-state index >= 15 is 0 Å². The number of ether oxygens (including phenoxy) is 1. The van der Waals surface area contributed by atoms with E-state index in [2.05, 4.69) is 15.1 Å². The van der Waals surface area contributed by atoms with Crippen LogP contribution in [-0.4, -0.2) is 54.0 Å². The van der Waals surface area contributed by atoms with Crippen LogP contribution in [0.5, 0.6) is 0 Å². The van der Waals surface area contributed by atoms with Gasteiger partial charge < -0.3 is 14.2 Å². The largest absolute Gasteiger partial charge is 0.465 e. The summed E-state index contributed by atoms with van der Waals surface area (Å²) in [6, 6.07) is 9.37. The number of hydrogen-bond donors (Lipinski definition) is 1. The summed E-state index contributed by atoms with van der Waals surface area (Å²) in [7, 11) is -2.67. The summed E-state index contributed by atoms with van der Waals surface area (Å²) in [5.74, 6) is -0.276. The molecule has 11 heteroatoms. The second-order valence-electron chi connectivity index (χ2n) is 7.51. The lowest BCUT2D eigenvalue weighted by atomic mass is 9.98. The van der Waals surface area contributed by atoms with E-state index in [1.807, 2.05) is 0 Å². The molecule has 0 radical (unpaired) electrons. The predicted molar refractivity (Wildman–Crippen MR) is 114 cm³/mol. The van der Waals surface area contributed by atoms with E-state index in [0.29, 0.717) is 24.3 Å². The molecule has 32 heavy (non-hydrogen) atoms. The summed E-state index contributed by atoms with van der Waals surface area (Å²) in [5.41, 5.74) is 0.736. The molecule has 3 aromatic rings. The standard InChI is InChI=1S/C21H22N4O6S/c1-13-7-8-16(19(26)22-13)18-23-20(31-24-18)14-9-11-25(12-10-14)32(28,29)17-6-4-3-5-15(17)21(27)30-2/h3-8,14H,9-12H2,1-2H3,(H,22,26). The van der Waals surface area contributed by atoms with Crippen molar-refractivity contribution in [1.82, 2.24) is 19.4 Å².